The van der Waals surface area contributed by atoms with Crippen LogP contribution >= 0.6 is 11.8 Å². The molecule has 3 rings (SSSR count). The zero-order valence-electron chi connectivity index (χ0n) is 15.2. The van der Waals surface area contributed by atoms with E-state index in [1.165, 1.54) is 30.0 Å². The van der Waals surface area contributed by atoms with E-state index < -0.39 is 17.6 Å². The lowest BCUT2D eigenvalue weighted by Gasteiger charge is -2.15. The highest BCUT2D eigenvalue weighted by Gasteiger charge is 2.40. The van der Waals surface area contributed by atoms with E-state index in [1.54, 1.807) is 6.07 Å². The van der Waals surface area contributed by atoms with Crippen molar-refractivity contribution in [3.05, 3.63) is 69.9 Å². The first-order chi connectivity index (χ1) is 12.3. The minimum absolute atomic E-state index is 0.135. The zero-order chi connectivity index (χ0) is 19.0. The number of anilines is 1. The zero-order valence-corrected chi connectivity index (χ0v) is 16.0. The van der Waals surface area contributed by atoms with Gasteiger partial charge in [0, 0.05) is 5.25 Å². The standard InChI is InChI=1S/C21H20FNO2S/c1-12(2)26-19-18(15-9-8-13(3)14(4)10-15)20(24)23(21(19)25)17-7-5-6-16(22)11-17/h5-12H,1-4H3. The molecule has 0 spiro atoms. The molecule has 0 unspecified atom stereocenters. The molecular formula is C21H20FNO2S. The van der Waals surface area contributed by atoms with E-state index in [0.717, 1.165) is 16.0 Å². The molecule has 2 aromatic carbocycles. The minimum Gasteiger partial charge on any atom is -0.268 e. The summed E-state index contributed by atoms with van der Waals surface area (Å²) >= 11 is 1.36. The molecule has 0 aliphatic carbocycles. The molecule has 0 N–H and O–H groups in total. The van der Waals surface area contributed by atoms with Crippen molar-refractivity contribution in [2.24, 2.45) is 0 Å². The number of imide groups is 1. The number of aryl methyl sites for hydroxylation is 2. The number of carbonyl (C=O) groups excluding carboxylic acids is 2. The summed E-state index contributed by atoms with van der Waals surface area (Å²) in [6, 6.07) is 11.3. The van der Waals surface area contributed by atoms with E-state index in [2.05, 4.69) is 0 Å². The summed E-state index contributed by atoms with van der Waals surface area (Å²) < 4.78 is 13.6. The summed E-state index contributed by atoms with van der Waals surface area (Å²) in [7, 11) is 0. The molecule has 26 heavy (non-hydrogen) atoms. The average molecular weight is 369 g/mol. The van der Waals surface area contributed by atoms with Crippen LogP contribution in [0.5, 0.6) is 0 Å². The smallest absolute Gasteiger partial charge is 0.268 e. The van der Waals surface area contributed by atoms with Gasteiger partial charge >= 0.3 is 0 Å². The summed E-state index contributed by atoms with van der Waals surface area (Å²) in [6.45, 7) is 7.91. The number of benzene rings is 2. The normalized spacial score (nSPS) is 14.8. The van der Waals surface area contributed by atoms with Gasteiger partial charge in [0.2, 0.25) is 0 Å². The van der Waals surface area contributed by atoms with Crippen LogP contribution in [0.4, 0.5) is 10.1 Å². The molecule has 0 bridgehead atoms. The van der Waals surface area contributed by atoms with Crippen LogP contribution in [0.2, 0.25) is 0 Å². The Kier molecular flexibility index (Phi) is 5.01. The van der Waals surface area contributed by atoms with Gasteiger partial charge in [-0.3, -0.25) is 9.59 Å². The highest BCUT2D eigenvalue weighted by atomic mass is 32.2. The summed E-state index contributed by atoms with van der Waals surface area (Å²) in [4.78, 5) is 27.6. The van der Waals surface area contributed by atoms with Crippen molar-refractivity contribution in [3.63, 3.8) is 0 Å². The molecule has 1 aliphatic rings. The van der Waals surface area contributed by atoms with Crippen molar-refractivity contribution in [3.8, 4) is 0 Å². The monoisotopic (exact) mass is 369 g/mol. The lowest BCUT2D eigenvalue weighted by molar-refractivity contribution is -0.119. The van der Waals surface area contributed by atoms with Crippen LogP contribution in [-0.2, 0) is 9.59 Å². The maximum absolute atomic E-state index is 13.6. The largest absolute Gasteiger partial charge is 0.272 e. The summed E-state index contributed by atoms with van der Waals surface area (Å²) in [5, 5.41) is 0.135. The van der Waals surface area contributed by atoms with E-state index in [4.69, 9.17) is 0 Å². The molecular weight excluding hydrogens is 349 g/mol. The third-order valence-corrected chi connectivity index (χ3v) is 5.34. The second kappa shape index (κ2) is 7.08. The van der Waals surface area contributed by atoms with Gasteiger partial charge in [0.25, 0.3) is 11.8 Å². The van der Waals surface area contributed by atoms with Crippen LogP contribution in [0.3, 0.4) is 0 Å². The topological polar surface area (TPSA) is 37.4 Å². The third-order valence-electron chi connectivity index (χ3n) is 4.26. The molecule has 0 aromatic heterocycles. The van der Waals surface area contributed by atoms with Gasteiger partial charge in [-0.2, -0.15) is 0 Å². The molecule has 3 nitrogen and oxygen atoms in total. The quantitative estimate of drug-likeness (QED) is 0.722. The van der Waals surface area contributed by atoms with Crippen LogP contribution in [0.25, 0.3) is 5.57 Å². The molecule has 1 aliphatic heterocycles. The molecule has 0 fully saturated rings. The van der Waals surface area contributed by atoms with E-state index in [0.29, 0.717) is 16.0 Å². The fraction of sp³-hybridized carbons (Fsp3) is 0.238. The van der Waals surface area contributed by atoms with Crippen molar-refractivity contribution >= 4 is 34.8 Å². The second-order valence-electron chi connectivity index (χ2n) is 6.60. The van der Waals surface area contributed by atoms with E-state index in [9.17, 15) is 14.0 Å². The van der Waals surface area contributed by atoms with E-state index in [-0.39, 0.29) is 10.9 Å². The molecule has 5 heteroatoms. The first kappa shape index (κ1) is 18.4. The Balaban J connectivity index is 2.14. The first-order valence-electron chi connectivity index (χ1n) is 8.42. The van der Waals surface area contributed by atoms with Gasteiger partial charge in [0.15, 0.2) is 0 Å². The fourth-order valence-electron chi connectivity index (χ4n) is 2.86. The Hall–Kier alpha value is -2.40. The number of carbonyl (C=O) groups is 2. The first-order valence-corrected chi connectivity index (χ1v) is 9.30. The number of nitrogens with zero attached hydrogens (tertiary/aromatic N) is 1. The van der Waals surface area contributed by atoms with Gasteiger partial charge in [0.05, 0.1) is 16.2 Å². The maximum atomic E-state index is 13.6. The predicted octanol–water partition coefficient (Wildman–Crippen LogP) is 4.87. The third kappa shape index (κ3) is 3.31. The van der Waals surface area contributed by atoms with Crippen LogP contribution in [-0.4, -0.2) is 17.1 Å². The minimum atomic E-state index is -0.485. The van der Waals surface area contributed by atoms with Gasteiger partial charge in [-0.15, -0.1) is 11.8 Å². The molecule has 2 amide bonds. The van der Waals surface area contributed by atoms with Gasteiger partial charge in [-0.05, 0) is 48.7 Å². The van der Waals surface area contributed by atoms with Crippen molar-refractivity contribution in [2.75, 3.05) is 4.90 Å². The van der Waals surface area contributed by atoms with Crippen molar-refractivity contribution < 1.29 is 14.0 Å². The maximum Gasteiger partial charge on any atom is 0.272 e. The van der Waals surface area contributed by atoms with Crippen molar-refractivity contribution in [2.45, 2.75) is 32.9 Å². The number of amides is 2. The SMILES string of the molecule is Cc1ccc(C2=C(SC(C)C)C(=O)N(c3cccc(F)c3)C2=O)cc1C. The molecule has 134 valence electrons. The van der Waals surface area contributed by atoms with E-state index >= 15 is 0 Å². The Labute approximate surface area is 156 Å². The highest BCUT2D eigenvalue weighted by Crippen LogP contribution is 2.40. The number of rotatable bonds is 4. The van der Waals surface area contributed by atoms with Crippen molar-refractivity contribution in [1.82, 2.24) is 0 Å². The Bertz CT molecular complexity index is 933. The summed E-state index contributed by atoms with van der Waals surface area (Å²) in [5.41, 5.74) is 3.52. The van der Waals surface area contributed by atoms with Gasteiger partial charge in [-0.1, -0.05) is 38.1 Å². The van der Waals surface area contributed by atoms with E-state index in [1.807, 2.05) is 45.9 Å². The van der Waals surface area contributed by atoms with Crippen LogP contribution in [0.1, 0.15) is 30.5 Å². The highest BCUT2D eigenvalue weighted by molar-refractivity contribution is 8.04. The molecule has 1 heterocycles. The molecule has 0 saturated heterocycles. The summed E-state index contributed by atoms with van der Waals surface area (Å²) in [6.07, 6.45) is 0. The molecule has 0 atom stereocenters. The lowest BCUT2D eigenvalue weighted by atomic mass is 10.0. The number of hydrogen-bond donors (Lipinski definition) is 0. The van der Waals surface area contributed by atoms with Crippen LogP contribution in [0, 0.1) is 19.7 Å². The van der Waals surface area contributed by atoms with Crippen molar-refractivity contribution in [1.29, 1.82) is 0 Å². The molecule has 0 saturated carbocycles. The molecule has 2 aromatic rings. The summed E-state index contributed by atoms with van der Waals surface area (Å²) in [5.74, 6) is -1.29. The average Bonchev–Trinajstić information content (AvgIpc) is 2.80. The van der Waals surface area contributed by atoms with Crippen LogP contribution < -0.4 is 4.90 Å². The number of thioether (sulfide) groups is 1. The fourth-order valence-corrected chi connectivity index (χ4v) is 3.84. The van der Waals surface area contributed by atoms with Gasteiger partial charge < -0.3 is 0 Å². The second-order valence-corrected chi connectivity index (χ2v) is 8.18. The molecule has 0 radical (unpaired) electrons. The Morgan fingerprint density at radius 1 is 0.962 bits per heavy atom. The predicted molar refractivity (Wildman–Crippen MR) is 104 cm³/mol. The van der Waals surface area contributed by atoms with Crippen LogP contribution in [0.15, 0.2) is 47.4 Å². The lowest BCUT2D eigenvalue weighted by Crippen LogP contribution is -2.31. The van der Waals surface area contributed by atoms with Gasteiger partial charge in [-0.25, -0.2) is 9.29 Å². The number of hydrogen-bond acceptors (Lipinski definition) is 3. The Morgan fingerprint density at radius 3 is 2.31 bits per heavy atom. The Morgan fingerprint density at radius 2 is 1.69 bits per heavy atom. The number of halogens is 1. The van der Waals surface area contributed by atoms with Gasteiger partial charge in [0.1, 0.15) is 5.82 Å².